The Hall–Kier alpha value is 12.2. The van der Waals surface area contributed by atoms with Gasteiger partial charge in [0.1, 0.15) is 21.6 Å². The van der Waals surface area contributed by atoms with Crippen LogP contribution in [0.25, 0.3) is 86.5 Å². The summed E-state index contributed by atoms with van der Waals surface area (Å²) in [6.45, 7) is 0. The van der Waals surface area contributed by atoms with Crippen LogP contribution in [-0.4, -0.2) is 82.6 Å². The summed E-state index contributed by atoms with van der Waals surface area (Å²) in [6.07, 6.45) is 0. The third-order valence-electron chi connectivity index (χ3n) is 0. The normalized spacial score (nSPS) is 2.11. The van der Waals surface area contributed by atoms with E-state index in [1.807, 2.05) is 0 Å². The average Bonchev–Trinajstić information content (AvgIpc) is 3.12. The molecule has 0 amide bonds. The van der Waals surface area contributed by atoms with E-state index in [-0.39, 0.29) is 473 Å². The number of thiocyanates is 4. The van der Waals surface area contributed by atoms with Crippen LogP contribution in [0, 0.1) is 42.7 Å². The van der Waals surface area contributed by atoms with E-state index in [4.69, 9.17) is 108 Å². The predicted octanol–water partition coefficient (Wildman–Crippen LogP) is -35.8. The zero-order valence-electron chi connectivity index (χ0n) is 43.3. The molecule has 0 aliphatic rings. The summed E-state index contributed by atoms with van der Waals surface area (Å²) in [5, 5.41) is 170. The van der Waals surface area contributed by atoms with E-state index in [0.717, 1.165) is 0 Å². The second-order valence-electron chi connectivity index (χ2n) is 1.86. The first-order chi connectivity index (χ1) is 28.3. The molecule has 0 spiro atoms. The molecule has 0 rings (SSSR count). The van der Waals surface area contributed by atoms with E-state index in [2.05, 4.69) is 246 Å². The number of thiocarbonyl (C=S) groups is 16. The molecule has 0 aromatic carbocycles. The Morgan fingerprint density at radius 1 is 0.158 bits per heavy atom. The molecule has 0 saturated carbocycles. The number of isothiocyanates is 16. The molecule has 0 aromatic rings. The maximum Gasteiger partial charge on any atom is 1.00 e. The van der Waals surface area contributed by atoms with Crippen molar-refractivity contribution >= 4 is 329 Å². The molecule has 0 aliphatic heterocycles. The molecule has 0 aliphatic carbocycles. The van der Waals surface area contributed by atoms with E-state index in [1.54, 1.807) is 0 Å². The van der Waals surface area contributed by atoms with Gasteiger partial charge in [0.05, 0.1) is 0 Å². The van der Waals surface area contributed by atoms with Crippen LogP contribution in [0.2, 0.25) is 0 Å². The summed E-state index contributed by atoms with van der Waals surface area (Å²) in [5.41, 5.74) is 0. The van der Waals surface area contributed by atoms with Gasteiger partial charge < -0.3 is 86.5 Å². The predicted molar refractivity (Wildman–Crippen MR) is 314 cm³/mol. The number of nitrogens with zero attached hydrogens (tertiary/aromatic N) is 20. The van der Waals surface area contributed by atoms with Crippen LogP contribution in [0.3, 0.4) is 0 Å². The fourth-order valence-electron chi connectivity index (χ4n) is 0. The molecule has 0 heterocycles. The zero-order chi connectivity index (χ0) is 54.1. The molecule has 56 heteroatoms. The first kappa shape index (κ1) is 246. The Labute approximate surface area is 906 Å². The van der Waals surface area contributed by atoms with Crippen molar-refractivity contribution in [1.29, 1.82) is 21.0 Å². The van der Waals surface area contributed by atoms with Gasteiger partial charge in [-0.15, -0.1) is 0 Å². The summed E-state index contributed by atoms with van der Waals surface area (Å²) < 4.78 is 0. The van der Waals surface area contributed by atoms with Crippen LogP contribution in [-0.2, 0) is 0 Å². The fourth-order valence-corrected chi connectivity index (χ4v) is 0. The molecule has 20 nitrogen and oxygen atoms in total. The fraction of sp³-hybridized carbons (Fsp3) is 0. The van der Waals surface area contributed by atoms with E-state index in [9.17, 15) is 0 Å². The van der Waals surface area contributed by atoms with Gasteiger partial charge in [-0.25, -0.2) is 0 Å². The maximum atomic E-state index is 7.18. The van der Waals surface area contributed by atoms with Gasteiger partial charge in [-0.1, -0.05) is 246 Å². The average molecular weight is 1530 g/mol. The molecular weight excluding hydrogens is 1530 g/mol. The standard InChI is InChI=1S/4CHNS.16CNS.16Na/c20*2-1-3;;;;;;;;;;;;;;;;/h4*3H;;;;;;;;;;;;;;;;;;;;;;;;;;;;;;;;/q;;;;16*-1;16*+1. The Morgan fingerprint density at radius 3 is 0.158 bits per heavy atom. The quantitative estimate of drug-likeness (QED) is 0.0575. The molecule has 0 saturated heterocycles. The monoisotopic (exact) mass is 1530 g/mol. The molecular formula is C20H4N20Na16S20. The molecule has 0 bridgehead atoms. The molecule has 0 atom stereocenters. The van der Waals surface area contributed by atoms with Crippen LogP contribution in [0.5, 0.6) is 0 Å². The van der Waals surface area contributed by atoms with Crippen molar-refractivity contribution in [3.63, 3.8) is 0 Å². The summed E-state index contributed by atoms with van der Waals surface area (Å²) in [5.74, 6) is 0. The number of thiol groups is 4. The Balaban J connectivity index is -0.00000000645. The van der Waals surface area contributed by atoms with Crippen LogP contribution >= 0.6 is 246 Å². The molecule has 0 radical (unpaired) electrons. The number of hydrogen-bond acceptors (Lipinski definition) is 24. The first-order valence-electron chi connectivity index (χ1n) is 8.63. The van der Waals surface area contributed by atoms with Gasteiger partial charge in [-0.05, 0) is 0 Å². The minimum atomic E-state index is 0. The third-order valence-corrected chi connectivity index (χ3v) is 0. The van der Waals surface area contributed by atoms with Crippen LogP contribution in [0.1, 0.15) is 0 Å². The third kappa shape index (κ3) is 4230. The second kappa shape index (κ2) is 626. The summed E-state index contributed by atoms with van der Waals surface area (Å²) in [7, 11) is 0. The molecule has 0 N–H and O–H groups in total. The first-order valence-corrected chi connectivity index (χ1v) is 17.0. The summed E-state index contributed by atoms with van der Waals surface area (Å²) in [6, 6.07) is 0. The van der Waals surface area contributed by atoms with Gasteiger partial charge >= 0.3 is 473 Å². The Bertz CT molecular complexity index is 1180. The SMILES string of the molecule is N#CS.N#CS.N#CS.N#CS.[N-]=C=S.[N-]=C=S.[N-]=C=S.[N-]=C=S.[N-]=C=S.[N-]=C=S.[N-]=C=S.[N-]=C=S.[N-]=C=S.[N-]=C=S.[N-]=C=S.[N-]=C=S.[N-]=C=S.[N-]=C=S.[N-]=C=S.[N-]=C=S.[Na+].[Na+].[Na+].[Na+].[Na+].[Na+].[Na+].[Na+].[Na+].[Na+].[Na+].[Na+].[Na+].[Na+].[Na+].[Na+]. The second-order valence-corrected chi connectivity index (χ2v) is 5.58. The number of nitriles is 4. The molecule has 0 aromatic heterocycles. The molecule has 76 heavy (non-hydrogen) atoms. The summed E-state index contributed by atoms with van der Waals surface area (Å²) in [4.78, 5) is 0. The van der Waals surface area contributed by atoms with Crippen LogP contribution in [0.15, 0.2) is 0 Å². The van der Waals surface area contributed by atoms with Gasteiger partial charge in [0, 0.05) is 0 Å². The number of rotatable bonds is 0. The molecule has 320 valence electrons. The van der Waals surface area contributed by atoms with Gasteiger partial charge in [0.2, 0.25) is 0 Å². The Morgan fingerprint density at radius 2 is 0.158 bits per heavy atom. The Kier molecular flexibility index (Phi) is 2030. The van der Waals surface area contributed by atoms with Crippen molar-refractivity contribution in [2.24, 2.45) is 0 Å². The maximum absolute atomic E-state index is 7.18. The van der Waals surface area contributed by atoms with Crippen molar-refractivity contribution in [2.45, 2.75) is 0 Å². The van der Waals surface area contributed by atoms with Crippen molar-refractivity contribution in [2.75, 3.05) is 0 Å². The van der Waals surface area contributed by atoms with E-state index in [0.29, 0.717) is 0 Å². The van der Waals surface area contributed by atoms with Crippen molar-refractivity contribution in [3.05, 3.63) is 86.5 Å². The van der Waals surface area contributed by atoms with E-state index in [1.165, 1.54) is 104 Å². The van der Waals surface area contributed by atoms with Gasteiger partial charge in [0.15, 0.2) is 0 Å². The molecule has 0 fully saturated rings. The summed E-state index contributed by atoms with van der Waals surface area (Å²) >= 11 is 71.6. The van der Waals surface area contributed by atoms with Crippen LogP contribution in [0.4, 0.5) is 0 Å². The van der Waals surface area contributed by atoms with Crippen molar-refractivity contribution < 1.29 is 473 Å². The van der Waals surface area contributed by atoms with E-state index < -0.39 is 0 Å². The largest absolute Gasteiger partial charge is 1.00 e. The smallest absolute Gasteiger partial charge is 0.753 e. The van der Waals surface area contributed by atoms with Gasteiger partial charge in [-0.2, -0.15) is 104 Å². The van der Waals surface area contributed by atoms with Gasteiger partial charge in [0.25, 0.3) is 0 Å². The zero-order valence-corrected chi connectivity index (χ0v) is 91.9. The minimum absolute atomic E-state index is 0. The van der Waals surface area contributed by atoms with Gasteiger partial charge in [-0.3, -0.25) is 0 Å². The molecule has 0 unspecified atom stereocenters. The topological polar surface area (TPSA) is 452 Å². The van der Waals surface area contributed by atoms with Crippen molar-refractivity contribution in [1.82, 2.24) is 0 Å². The number of hydrogen-bond donors (Lipinski definition) is 4. The van der Waals surface area contributed by atoms with Crippen molar-refractivity contribution in [3.8, 4) is 21.6 Å². The minimum Gasteiger partial charge on any atom is -0.753 e. The van der Waals surface area contributed by atoms with E-state index >= 15 is 0 Å². The van der Waals surface area contributed by atoms with Crippen LogP contribution < -0.4 is 473 Å².